The van der Waals surface area contributed by atoms with Gasteiger partial charge in [0.05, 0.1) is 0 Å². The Morgan fingerprint density at radius 1 is 1.54 bits per heavy atom. The Labute approximate surface area is 85.7 Å². The van der Waals surface area contributed by atoms with Crippen LogP contribution in [0.25, 0.3) is 0 Å². The maximum Gasteiger partial charge on any atom is 0.151 e. The Morgan fingerprint density at radius 2 is 2.23 bits per heavy atom. The third-order valence-electron chi connectivity index (χ3n) is 1.90. The summed E-state index contributed by atoms with van der Waals surface area (Å²) in [5.74, 6) is 0.201. The number of rotatable bonds is 3. The summed E-state index contributed by atoms with van der Waals surface area (Å²) in [6, 6.07) is 3.28. The van der Waals surface area contributed by atoms with Crippen LogP contribution in [0.1, 0.15) is 29.3 Å². The smallest absolute Gasteiger partial charge is 0.151 e. The maximum atomic E-state index is 10.7. The summed E-state index contributed by atoms with van der Waals surface area (Å²) < 4.78 is 0.740. The van der Waals surface area contributed by atoms with E-state index in [4.69, 9.17) is 0 Å². The Balaban J connectivity index is 3.25. The standard InChI is InChI=1S/C10H11BrO2/c1-2-3-7-8(6-12)9(11)4-5-10(7)13/h4-6,13H,2-3H2,1H3. The van der Waals surface area contributed by atoms with Crippen molar-refractivity contribution in [1.82, 2.24) is 0 Å². The summed E-state index contributed by atoms with van der Waals surface area (Å²) in [6.45, 7) is 2.01. The maximum absolute atomic E-state index is 10.7. The van der Waals surface area contributed by atoms with Crippen molar-refractivity contribution in [3.8, 4) is 5.75 Å². The van der Waals surface area contributed by atoms with Gasteiger partial charge in [0, 0.05) is 15.6 Å². The summed E-state index contributed by atoms with van der Waals surface area (Å²) in [6.07, 6.45) is 2.40. The largest absolute Gasteiger partial charge is 0.508 e. The third-order valence-corrected chi connectivity index (χ3v) is 2.59. The van der Waals surface area contributed by atoms with Crippen LogP contribution >= 0.6 is 15.9 Å². The monoisotopic (exact) mass is 242 g/mol. The third kappa shape index (κ3) is 2.10. The minimum absolute atomic E-state index is 0.201. The first-order chi connectivity index (χ1) is 6.20. The summed E-state index contributed by atoms with van der Waals surface area (Å²) >= 11 is 3.27. The molecule has 70 valence electrons. The lowest BCUT2D eigenvalue weighted by molar-refractivity contribution is 0.112. The molecule has 0 unspecified atom stereocenters. The molecule has 0 radical (unpaired) electrons. The molecule has 0 aliphatic heterocycles. The SMILES string of the molecule is CCCc1c(O)ccc(Br)c1C=O. The molecular weight excluding hydrogens is 232 g/mol. The topological polar surface area (TPSA) is 37.3 Å². The van der Waals surface area contributed by atoms with Crippen molar-refractivity contribution in [3.05, 3.63) is 27.7 Å². The lowest BCUT2D eigenvalue weighted by Crippen LogP contribution is -1.94. The Hall–Kier alpha value is -0.830. The van der Waals surface area contributed by atoms with Crippen molar-refractivity contribution >= 4 is 22.2 Å². The number of carbonyl (C=O) groups excluding carboxylic acids is 1. The van der Waals surface area contributed by atoms with Gasteiger partial charge in [-0.2, -0.15) is 0 Å². The number of carbonyl (C=O) groups is 1. The van der Waals surface area contributed by atoms with Gasteiger partial charge in [0.1, 0.15) is 5.75 Å². The van der Waals surface area contributed by atoms with Gasteiger partial charge in [0.15, 0.2) is 6.29 Å². The van der Waals surface area contributed by atoms with Gasteiger partial charge >= 0.3 is 0 Å². The zero-order chi connectivity index (χ0) is 9.84. The highest BCUT2D eigenvalue weighted by atomic mass is 79.9. The molecule has 2 nitrogen and oxygen atoms in total. The molecule has 0 fully saturated rings. The number of benzene rings is 1. The van der Waals surface area contributed by atoms with Gasteiger partial charge in [0.2, 0.25) is 0 Å². The van der Waals surface area contributed by atoms with E-state index in [0.717, 1.165) is 29.2 Å². The predicted octanol–water partition coefficient (Wildman–Crippen LogP) is 2.92. The van der Waals surface area contributed by atoms with Crippen LogP contribution in [0.4, 0.5) is 0 Å². The van der Waals surface area contributed by atoms with Crippen LogP contribution in [0.5, 0.6) is 5.75 Å². The molecule has 0 saturated carbocycles. The molecule has 3 heteroatoms. The summed E-state index contributed by atoms with van der Waals surface area (Å²) in [5.41, 5.74) is 1.29. The highest BCUT2D eigenvalue weighted by Gasteiger charge is 2.09. The number of hydrogen-bond acceptors (Lipinski definition) is 2. The molecule has 0 spiro atoms. The molecule has 1 aromatic rings. The van der Waals surface area contributed by atoms with Crippen LogP contribution < -0.4 is 0 Å². The first-order valence-electron chi connectivity index (χ1n) is 4.16. The lowest BCUT2D eigenvalue weighted by atomic mass is 10.0. The lowest BCUT2D eigenvalue weighted by Gasteiger charge is -2.07. The Kier molecular flexibility index (Phi) is 3.48. The van der Waals surface area contributed by atoms with E-state index in [1.807, 2.05) is 6.92 Å². The van der Waals surface area contributed by atoms with E-state index >= 15 is 0 Å². The van der Waals surface area contributed by atoms with E-state index in [1.165, 1.54) is 0 Å². The Morgan fingerprint density at radius 3 is 2.77 bits per heavy atom. The van der Waals surface area contributed by atoms with Crippen LogP contribution in [0, 0.1) is 0 Å². The molecule has 0 aromatic heterocycles. The van der Waals surface area contributed by atoms with Gasteiger partial charge in [0.25, 0.3) is 0 Å². The second-order valence-corrected chi connectivity index (χ2v) is 3.68. The van der Waals surface area contributed by atoms with E-state index in [9.17, 15) is 9.90 Å². The highest BCUT2D eigenvalue weighted by Crippen LogP contribution is 2.27. The molecule has 0 aliphatic carbocycles. The van der Waals surface area contributed by atoms with Gasteiger partial charge in [-0.05, 0) is 18.6 Å². The van der Waals surface area contributed by atoms with Gasteiger partial charge in [-0.3, -0.25) is 4.79 Å². The number of phenolic OH excluding ortho intramolecular Hbond substituents is 1. The number of hydrogen-bond donors (Lipinski definition) is 1. The van der Waals surface area contributed by atoms with Crippen molar-refractivity contribution in [2.45, 2.75) is 19.8 Å². The van der Waals surface area contributed by atoms with Gasteiger partial charge in [-0.25, -0.2) is 0 Å². The molecule has 1 aromatic carbocycles. The normalized spacial score (nSPS) is 10.0. The fourth-order valence-corrected chi connectivity index (χ4v) is 1.73. The number of halogens is 1. The number of aromatic hydroxyl groups is 1. The van der Waals surface area contributed by atoms with Crippen molar-refractivity contribution < 1.29 is 9.90 Å². The minimum Gasteiger partial charge on any atom is -0.508 e. The average molecular weight is 243 g/mol. The van der Waals surface area contributed by atoms with Crippen molar-refractivity contribution in [2.24, 2.45) is 0 Å². The first kappa shape index (κ1) is 10.3. The van der Waals surface area contributed by atoms with E-state index in [1.54, 1.807) is 12.1 Å². The van der Waals surface area contributed by atoms with E-state index in [2.05, 4.69) is 15.9 Å². The average Bonchev–Trinajstić information content (AvgIpc) is 2.12. The summed E-state index contributed by atoms with van der Waals surface area (Å²) in [7, 11) is 0. The van der Waals surface area contributed by atoms with Crippen molar-refractivity contribution in [1.29, 1.82) is 0 Å². The zero-order valence-electron chi connectivity index (χ0n) is 7.38. The second-order valence-electron chi connectivity index (χ2n) is 2.83. The number of phenols is 1. The van der Waals surface area contributed by atoms with Crippen LogP contribution in [-0.2, 0) is 6.42 Å². The molecule has 0 heterocycles. The molecule has 0 aliphatic rings. The van der Waals surface area contributed by atoms with Gasteiger partial charge in [-0.1, -0.05) is 29.3 Å². The zero-order valence-corrected chi connectivity index (χ0v) is 8.97. The van der Waals surface area contributed by atoms with Gasteiger partial charge in [-0.15, -0.1) is 0 Å². The quantitative estimate of drug-likeness (QED) is 0.828. The predicted molar refractivity (Wildman–Crippen MR) is 55.2 cm³/mol. The summed E-state index contributed by atoms with van der Waals surface area (Å²) in [4.78, 5) is 10.7. The molecule has 0 bridgehead atoms. The fourth-order valence-electron chi connectivity index (χ4n) is 1.26. The fraction of sp³-hybridized carbons (Fsp3) is 0.300. The second kappa shape index (κ2) is 4.42. The van der Waals surface area contributed by atoms with E-state index in [0.29, 0.717) is 5.56 Å². The first-order valence-corrected chi connectivity index (χ1v) is 4.95. The molecule has 0 saturated heterocycles. The molecule has 1 N–H and O–H groups in total. The van der Waals surface area contributed by atoms with Crippen LogP contribution in [0.2, 0.25) is 0 Å². The summed E-state index contributed by atoms with van der Waals surface area (Å²) in [5, 5.41) is 9.50. The molecular formula is C10H11BrO2. The minimum atomic E-state index is 0.201. The van der Waals surface area contributed by atoms with Crippen LogP contribution in [0.15, 0.2) is 16.6 Å². The van der Waals surface area contributed by atoms with E-state index in [-0.39, 0.29) is 5.75 Å². The Bertz CT molecular complexity index is 321. The van der Waals surface area contributed by atoms with E-state index < -0.39 is 0 Å². The highest BCUT2D eigenvalue weighted by molar-refractivity contribution is 9.10. The number of aldehydes is 1. The van der Waals surface area contributed by atoms with Gasteiger partial charge < -0.3 is 5.11 Å². The molecule has 0 atom stereocenters. The molecule has 0 amide bonds. The van der Waals surface area contributed by atoms with Crippen LogP contribution in [0.3, 0.4) is 0 Å². The molecule has 13 heavy (non-hydrogen) atoms. The van der Waals surface area contributed by atoms with Crippen molar-refractivity contribution in [3.63, 3.8) is 0 Å². The van der Waals surface area contributed by atoms with Crippen LogP contribution in [-0.4, -0.2) is 11.4 Å². The van der Waals surface area contributed by atoms with Crippen molar-refractivity contribution in [2.75, 3.05) is 0 Å². The molecule has 1 rings (SSSR count).